The summed E-state index contributed by atoms with van der Waals surface area (Å²) in [7, 11) is 0. The SMILES string of the molecule is CCNC(=NCc1ccc(C)cc1OC(C)C)NCCCn1cccn1.I. The van der Waals surface area contributed by atoms with E-state index in [1.54, 1.807) is 6.20 Å². The van der Waals surface area contributed by atoms with E-state index in [1.165, 1.54) is 5.56 Å². The van der Waals surface area contributed by atoms with E-state index in [0.717, 1.165) is 43.3 Å². The van der Waals surface area contributed by atoms with Crippen molar-refractivity contribution in [3.63, 3.8) is 0 Å². The Hall–Kier alpha value is -1.77. The van der Waals surface area contributed by atoms with Crippen LogP contribution in [0, 0.1) is 6.92 Å². The predicted molar refractivity (Wildman–Crippen MR) is 122 cm³/mol. The summed E-state index contributed by atoms with van der Waals surface area (Å²) in [6, 6.07) is 8.22. The van der Waals surface area contributed by atoms with E-state index in [2.05, 4.69) is 47.8 Å². The van der Waals surface area contributed by atoms with Gasteiger partial charge in [0, 0.05) is 37.6 Å². The maximum Gasteiger partial charge on any atom is 0.191 e. The lowest BCUT2D eigenvalue weighted by Crippen LogP contribution is -2.38. The quantitative estimate of drug-likeness (QED) is 0.246. The summed E-state index contributed by atoms with van der Waals surface area (Å²) in [5.74, 6) is 1.74. The van der Waals surface area contributed by atoms with Crippen LogP contribution in [0.15, 0.2) is 41.7 Å². The van der Waals surface area contributed by atoms with E-state index in [4.69, 9.17) is 9.73 Å². The van der Waals surface area contributed by atoms with Crippen molar-refractivity contribution < 1.29 is 4.74 Å². The minimum Gasteiger partial charge on any atom is -0.491 e. The summed E-state index contributed by atoms with van der Waals surface area (Å²) in [5, 5.41) is 10.9. The molecule has 0 amide bonds. The van der Waals surface area contributed by atoms with E-state index in [1.807, 2.05) is 30.8 Å². The molecule has 0 aliphatic rings. The summed E-state index contributed by atoms with van der Waals surface area (Å²) >= 11 is 0. The van der Waals surface area contributed by atoms with Crippen LogP contribution >= 0.6 is 24.0 Å². The minimum absolute atomic E-state index is 0. The number of aromatic nitrogens is 2. The number of aliphatic imine (C=N–C) groups is 1. The van der Waals surface area contributed by atoms with E-state index in [-0.39, 0.29) is 30.1 Å². The first-order valence-corrected chi connectivity index (χ1v) is 9.34. The molecule has 27 heavy (non-hydrogen) atoms. The number of halogens is 1. The molecular formula is C20H32IN5O. The highest BCUT2D eigenvalue weighted by atomic mass is 127. The molecule has 1 heterocycles. The first-order chi connectivity index (χ1) is 12.6. The number of nitrogens with one attached hydrogen (secondary N) is 2. The van der Waals surface area contributed by atoms with E-state index >= 15 is 0 Å². The summed E-state index contributed by atoms with van der Waals surface area (Å²) in [4.78, 5) is 4.71. The number of ether oxygens (including phenoxy) is 1. The Morgan fingerprint density at radius 3 is 2.78 bits per heavy atom. The molecule has 0 fully saturated rings. The number of hydrogen-bond donors (Lipinski definition) is 2. The third kappa shape index (κ3) is 8.64. The van der Waals surface area contributed by atoms with Gasteiger partial charge in [0.2, 0.25) is 0 Å². The summed E-state index contributed by atoms with van der Waals surface area (Å²) in [6.45, 7) is 11.4. The van der Waals surface area contributed by atoms with Crippen LogP contribution in [0.3, 0.4) is 0 Å². The zero-order valence-electron chi connectivity index (χ0n) is 16.7. The fourth-order valence-corrected chi connectivity index (χ4v) is 2.54. The van der Waals surface area contributed by atoms with Gasteiger partial charge in [0.15, 0.2) is 5.96 Å². The molecule has 7 heteroatoms. The molecule has 0 aliphatic heterocycles. The molecule has 0 unspecified atom stereocenters. The lowest BCUT2D eigenvalue weighted by atomic mass is 10.1. The molecule has 6 nitrogen and oxygen atoms in total. The molecule has 0 saturated heterocycles. The average Bonchev–Trinajstić information content (AvgIpc) is 3.10. The molecule has 0 atom stereocenters. The molecule has 0 radical (unpaired) electrons. The number of nitrogens with zero attached hydrogens (tertiary/aromatic N) is 3. The zero-order valence-corrected chi connectivity index (χ0v) is 19.1. The second-order valence-electron chi connectivity index (χ2n) is 6.52. The van der Waals surface area contributed by atoms with Crippen molar-refractivity contribution in [2.45, 2.75) is 53.3 Å². The Morgan fingerprint density at radius 1 is 1.30 bits per heavy atom. The van der Waals surface area contributed by atoms with Gasteiger partial charge in [-0.15, -0.1) is 24.0 Å². The number of benzene rings is 1. The van der Waals surface area contributed by atoms with Crippen LogP contribution in [-0.2, 0) is 13.1 Å². The van der Waals surface area contributed by atoms with Crippen molar-refractivity contribution in [3.8, 4) is 5.75 Å². The smallest absolute Gasteiger partial charge is 0.191 e. The second kappa shape index (κ2) is 12.6. The summed E-state index contributed by atoms with van der Waals surface area (Å²) in [6.07, 6.45) is 4.91. The standard InChI is InChI=1S/C20H31N5O.HI/c1-5-21-20(22-10-6-12-25-13-7-11-24-25)23-15-18-9-8-17(4)14-19(18)26-16(2)3;/h7-9,11,13-14,16H,5-6,10,12,15H2,1-4H3,(H2,21,22,23);1H. The van der Waals surface area contributed by atoms with Gasteiger partial charge in [-0.2, -0.15) is 5.10 Å². The van der Waals surface area contributed by atoms with Gasteiger partial charge in [0.05, 0.1) is 12.6 Å². The zero-order chi connectivity index (χ0) is 18.8. The normalized spacial score (nSPS) is 11.2. The summed E-state index contributed by atoms with van der Waals surface area (Å²) < 4.78 is 7.88. The molecule has 150 valence electrons. The van der Waals surface area contributed by atoms with Crippen molar-refractivity contribution in [1.82, 2.24) is 20.4 Å². The Bertz CT molecular complexity index is 686. The topological polar surface area (TPSA) is 63.5 Å². The third-order valence-electron chi connectivity index (χ3n) is 3.75. The molecule has 2 rings (SSSR count). The van der Waals surface area contributed by atoms with Crippen LogP contribution in [0.1, 0.15) is 38.3 Å². The lowest BCUT2D eigenvalue weighted by Gasteiger charge is -2.15. The Kier molecular flexibility index (Phi) is 10.8. The predicted octanol–water partition coefficient (Wildman–Crippen LogP) is 3.74. The highest BCUT2D eigenvalue weighted by Crippen LogP contribution is 2.22. The van der Waals surface area contributed by atoms with Gasteiger partial charge in [0.1, 0.15) is 5.75 Å². The maximum absolute atomic E-state index is 5.94. The van der Waals surface area contributed by atoms with Crippen LogP contribution in [0.4, 0.5) is 0 Å². The van der Waals surface area contributed by atoms with Gasteiger partial charge >= 0.3 is 0 Å². The van der Waals surface area contributed by atoms with Crippen molar-refractivity contribution in [2.75, 3.05) is 13.1 Å². The maximum atomic E-state index is 5.94. The van der Waals surface area contributed by atoms with E-state index < -0.39 is 0 Å². The van der Waals surface area contributed by atoms with Gasteiger partial charge in [-0.1, -0.05) is 12.1 Å². The van der Waals surface area contributed by atoms with Crippen LogP contribution < -0.4 is 15.4 Å². The summed E-state index contributed by atoms with van der Waals surface area (Å²) in [5.41, 5.74) is 2.29. The molecule has 0 spiro atoms. The fourth-order valence-electron chi connectivity index (χ4n) is 2.54. The minimum atomic E-state index is 0. The molecule has 1 aromatic carbocycles. The number of aryl methyl sites for hydroxylation is 2. The molecule has 1 aromatic heterocycles. The van der Waals surface area contributed by atoms with Crippen molar-refractivity contribution in [1.29, 1.82) is 0 Å². The Labute approximate surface area is 179 Å². The van der Waals surface area contributed by atoms with Gasteiger partial charge in [-0.3, -0.25) is 4.68 Å². The van der Waals surface area contributed by atoms with Gasteiger partial charge in [0.25, 0.3) is 0 Å². The van der Waals surface area contributed by atoms with Gasteiger partial charge < -0.3 is 15.4 Å². The van der Waals surface area contributed by atoms with E-state index in [0.29, 0.717) is 6.54 Å². The number of hydrogen-bond acceptors (Lipinski definition) is 3. The second-order valence-corrected chi connectivity index (χ2v) is 6.52. The monoisotopic (exact) mass is 485 g/mol. The van der Waals surface area contributed by atoms with Crippen LogP contribution in [0.2, 0.25) is 0 Å². The van der Waals surface area contributed by atoms with Crippen LogP contribution in [-0.4, -0.2) is 34.9 Å². The van der Waals surface area contributed by atoms with E-state index in [9.17, 15) is 0 Å². The molecule has 2 N–H and O–H groups in total. The molecule has 0 bridgehead atoms. The fraction of sp³-hybridized carbons (Fsp3) is 0.500. The number of guanidine groups is 1. The van der Waals surface area contributed by atoms with Crippen LogP contribution in [0.5, 0.6) is 5.75 Å². The highest BCUT2D eigenvalue weighted by molar-refractivity contribution is 14.0. The largest absolute Gasteiger partial charge is 0.491 e. The van der Waals surface area contributed by atoms with Crippen molar-refractivity contribution in [3.05, 3.63) is 47.8 Å². The average molecular weight is 485 g/mol. The van der Waals surface area contributed by atoms with Crippen molar-refractivity contribution in [2.24, 2.45) is 4.99 Å². The molecule has 2 aromatic rings. The molecular weight excluding hydrogens is 453 g/mol. The Morgan fingerprint density at radius 2 is 2.11 bits per heavy atom. The first kappa shape index (κ1) is 23.3. The Balaban J connectivity index is 0.00000364. The highest BCUT2D eigenvalue weighted by Gasteiger charge is 2.06. The third-order valence-corrected chi connectivity index (χ3v) is 3.75. The van der Waals surface area contributed by atoms with Gasteiger partial charge in [-0.05, 0) is 51.8 Å². The van der Waals surface area contributed by atoms with Crippen LogP contribution in [0.25, 0.3) is 0 Å². The first-order valence-electron chi connectivity index (χ1n) is 9.34. The van der Waals surface area contributed by atoms with Crippen molar-refractivity contribution >= 4 is 29.9 Å². The lowest BCUT2D eigenvalue weighted by molar-refractivity contribution is 0.240. The van der Waals surface area contributed by atoms with Gasteiger partial charge in [-0.25, -0.2) is 4.99 Å². The molecule has 0 saturated carbocycles. The number of rotatable bonds is 9. The molecule has 0 aliphatic carbocycles.